The smallest absolute Gasteiger partial charge is 0.132 e. The zero-order valence-corrected chi connectivity index (χ0v) is 9.09. The van der Waals surface area contributed by atoms with E-state index in [4.69, 9.17) is 0 Å². The Hall–Kier alpha value is -0.240. The van der Waals surface area contributed by atoms with Crippen molar-refractivity contribution in [2.45, 2.75) is 27.7 Å². The van der Waals surface area contributed by atoms with Gasteiger partial charge in [-0.1, -0.05) is 34.3 Å². The Balaban J connectivity index is 4.78. The van der Waals surface area contributed by atoms with E-state index in [2.05, 4.69) is 6.58 Å². The fourth-order valence-electron chi connectivity index (χ4n) is 0.881. The van der Waals surface area contributed by atoms with Gasteiger partial charge in [0, 0.05) is 4.91 Å². The molecule has 0 nitrogen and oxygen atoms in total. The highest BCUT2D eigenvalue weighted by atomic mass is 32.2. The number of hydrogen-bond acceptors (Lipinski definition) is 1. The van der Waals surface area contributed by atoms with E-state index in [0.717, 1.165) is 10.7 Å². The van der Waals surface area contributed by atoms with Gasteiger partial charge in [-0.25, -0.2) is 4.39 Å². The molecule has 0 rings (SSSR count). The summed E-state index contributed by atoms with van der Waals surface area (Å²) in [5.74, 6) is 0.711. The van der Waals surface area contributed by atoms with Gasteiger partial charge in [0.2, 0.25) is 0 Å². The molecule has 0 N–H and O–H groups in total. The minimum absolute atomic E-state index is 0.112. The molecule has 0 amide bonds. The Morgan fingerprint density at radius 3 is 2.25 bits per heavy atom. The largest absolute Gasteiger partial charge is 0.206 e. The second-order valence-electron chi connectivity index (χ2n) is 3.56. The van der Waals surface area contributed by atoms with E-state index < -0.39 is 0 Å². The van der Waals surface area contributed by atoms with Crippen LogP contribution in [0.2, 0.25) is 0 Å². The van der Waals surface area contributed by atoms with E-state index in [9.17, 15) is 4.39 Å². The predicted octanol–water partition coefficient (Wildman–Crippen LogP) is 4.15. The topological polar surface area (TPSA) is 0 Å². The highest BCUT2D eigenvalue weighted by Crippen LogP contribution is 2.37. The lowest BCUT2D eigenvalue weighted by Gasteiger charge is -2.22. The summed E-state index contributed by atoms with van der Waals surface area (Å²) in [4.78, 5) is 0.792. The molecule has 0 aliphatic heterocycles. The van der Waals surface area contributed by atoms with Crippen LogP contribution < -0.4 is 0 Å². The van der Waals surface area contributed by atoms with Gasteiger partial charge in [0.25, 0.3) is 0 Å². The molecule has 0 radical (unpaired) electrons. The first-order valence-corrected chi connectivity index (χ1v) is 5.07. The molecule has 0 aliphatic carbocycles. The van der Waals surface area contributed by atoms with Crippen LogP contribution in [-0.4, -0.2) is 5.75 Å². The highest BCUT2D eigenvalue weighted by molar-refractivity contribution is 8.03. The normalized spacial score (nSPS) is 14.1. The number of hydrogen-bond donors (Lipinski definition) is 0. The molecule has 0 aliphatic rings. The van der Waals surface area contributed by atoms with E-state index in [0.29, 0.717) is 0 Å². The number of allylic oxidation sites excluding steroid dienone is 3. The standard InChI is InChI=1S/C10H17FS/c1-6-8(11)9(12-7-2)10(3,4)5/h6H,1,7H2,2-5H3/b9-8+. The van der Waals surface area contributed by atoms with E-state index in [1.54, 1.807) is 11.8 Å². The molecule has 2 heteroatoms. The minimum Gasteiger partial charge on any atom is -0.206 e. The number of thioether (sulfide) groups is 1. The van der Waals surface area contributed by atoms with Crippen molar-refractivity contribution in [3.05, 3.63) is 23.4 Å². The minimum atomic E-state index is -0.186. The number of halogens is 1. The van der Waals surface area contributed by atoms with Gasteiger partial charge in [0.1, 0.15) is 5.83 Å². The third-order valence-corrected chi connectivity index (χ3v) is 2.75. The summed E-state index contributed by atoms with van der Waals surface area (Å²) in [5.41, 5.74) is -0.112. The van der Waals surface area contributed by atoms with Crippen LogP contribution in [0.4, 0.5) is 4.39 Å². The second-order valence-corrected chi connectivity index (χ2v) is 4.84. The Kier molecular flexibility index (Phi) is 4.61. The zero-order valence-electron chi connectivity index (χ0n) is 8.28. The maximum atomic E-state index is 13.2. The molecule has 0 aromatic carbocycles. The van der Waals surface area contributed by atoms with Crippen LogP contribution in [0.25, 0.3) is 0 Å². The molecular formula is C10H17FS. The third kappa shape index (κ3) is 3.44. The van der Waals surface area contributed by atoms with Gasteiger partial charge in [-0.05, 0) is 17.2 Å². The summed E-state index contributed by atoms with van der Waals surface area (Å²) >= 11 is 1.55. The Labute approximate surface area is 78.9 Å². The maximum absolute atomic E-state index is 13.2. The van der Waals surface area contributed by atoms with Gasteiger partial charge in [0.15, 0.2) is 0 Å². The molecule has 0 heterocycles. The van der Waals surface area contributed by atoms with E-state index in [1.165, 1.54) is 6.08 Å². The highest BCUT2D eigenvalue weighted by Gasteiger charge is 2.20. The summed E-state index contributed by atoms with van der Waals surface area (Å²) in [6.45, 7) is 11.5. The fourth-order valence-corrected chi connectivity index (χ4v) is 1.82. The van der Waals surface area contributed by atoms with Crippen molar-refractivity contribution < 1.29 is 4.39 Å². The van der Waals surface area contributed by atoms with E-state index >= 15 is 0 Å². The first kappa shape index (κ1) is 11.8. The Morgan fingerprint density at radius 2 is 2.00 bits per heavy atom. The zero-order chi connectivity index (χ0) is 9.78. The lowest BCUT2D eigenvalue weighted by molar-refractivity contribution is 0.507. The van der Waals surface area contributed by atoms with Crippen molar-refractivity contribution >= 4 is 11.8 Å². The summed E-state index contributed by atoms with van der Waals surface area (Å²) in [5, 5.41) is 0. The Morgan fingerprint density at radius 1 is 1.50 bits per heavy atom. The molecule has 0 spiro atoms. The van der Waals surface area contributed by atoms with Crippen molar-refractivity contribution in [1.29, 1.82) is 0 Å². The van der Waals surface area contributed by atoms with Crippen LogP contribution in [0.3, 0.4) is 0 Å². The average Bonchev–Trinajstić information content (AvgIpc) is 1.96. The third-order valence-electron chi connectivity index (χ3n) is 1.37. The summed E-state index contributed by atoms with van der Waals surface area (Å²) < 4.78 is 13.2. The molecule has 0 atom stereocenters. The van der Waals surface area contributed by atoms with Gasteiger partial charge >= 0.3 is 0 Å². The van der Waals surface area contributed by atoms with Crippen molar-refractivity contribution in [3.8, 4) is 0 Å². The SMILES string of the molecule is C=C/C(F)=C(\SCC)C(C)(C)C. The quantitative estimate of drug-likeness (QED) is 0.599. The maximum Gasteiger partial charge on any atom is 0.132 e. The van der Waals surface area contributed by atoms with Gasteiger partial charge in [-0.15, -0.1) is 11.8 Å². The van der Waals surface area contributed by atoms with Crippen molar-refractivity contribution in [2.24, 2.45) is 5.41 Å². The van der Waals surface area contributed by atoms with Crippen molar-refractivity contribution in [1.82, 2.24) is 0 Å². The molecule has 0 bridgehead atoms. The van der Waals surface area contributed by atoms with Crippen LogP contribution in [0.15, 0.2) is 23.4 Å². The molecule has 70 valence electrons. The molecule has 0 saturated heterocycles. The first-order chi connectivity index (χ1) is 5.43. The molecule has 0 unspecified atom stereocenters. The van der Waals surface area contributed by atoms with Gasteiger partial charge in [0.05, 0.1) is 0 Å². The summed E-state index contributed by atoms with van der Waals surface area (Å²) in [7, 11) is 0. The van der Waals surface area contributed by atoms with E-state index in [-0.39, 0.29) is 11.2 Å². The molecule has 12 heavy (non-hydrogen) atoms. The average molecular weight is 188 g/mol. The summed E-state index contributed by atoms with van der Waals surface area (Å²) in [6.07, 6.45) is 1.28. The van der Waals surface area contributed by atoms with E-state index in [1.807, 2.05) is 27.7 Å². The molecule has 0 aromatic rings. The molecule has 0 aromatic heterocycles. The molecule has 0 saturated carbocycles. The number of rotatable bonds is 3. The van der Waals surface area contributed by atoms with Crippen LogP contribution in [0.1, 0.15) is 27.7 Å². The monoisotopic (exact) mass is 188 g/mol. The lowest BCUT2D eigenvalue weighted by atomic mass is 9.95. The second kappa shape index (κ2) is 4.70. The van der Waals surface area contributed by atoms with Crippen LogP contribution in [0.5, 0.6) is 0 Å². The van der Waals surface area contributed by atoms with Crippen LogP contribution in [0, 0.1) is 5.41 Å². The Bertz CT molecular complexity index is 187. The molecule has 0 fully saturated rings. The van der Waals surface area contributed by atoms with Gasteiger partial charge in [-0.2, -0.15) is 0 Å². The van der Waals surface area contributed by atoms with Crippen molar-refractivity contribution in [2.75, 3.05) is 5.75 Å². The van der Waals surface area contributed by atoms with Crippen molar-refractivity contribution in [3.63, 3.8) is 0 Å². The predicted molar refractivity (Wildman–Crippen MR) is 55.9 cm³/mol. The summed E-state index contributed by atoms with van der Waals surface area (Å²) in [6, 6.07) is 0. The first-order valence-electron chi connectivity index (χ1n) is 4.09. The lowest BCUT2D eigenvalue weighted by Crippen LogP contribution is -2.08. The van der Waals surface area contributed by atoms with Crippen LogP contribution in [-0.2, 0) is 0 Å². The molecular weight excluding hydrogens is 171 g/mol. The van der Waals surface area contributed by atoms with Gasteiger partial charge < -0.3 is 0 Å². The van der Waals surface area contributed by atoms with Crippen LogP contribution >= 0.6 is 11.8 Å². The van der Waals surface area contributed by atoms with Gasteiger partial charge in [-0.3, -0.25) is 0 Å². The fraction of sp³-hybridized carbons (Fsp3) is 0.600.